The molecule has 0 bridgehead atoms. The highest BCUT2D eigenvalue weighted by atomic mass is 35.5. The molecule has 0 N–H and O–H groups in total. The zero-order valence-electron chi connectivity index (χ0n) is 7.70. The van der Waals surface area contributed by atoms with Crippen LogP contribution in [-0.2, 0) is 4.74 Å². The quantitative estimate of drug-likeness (QED) is 0.645. The van der Waals surface area contributed by atoms with Crippen molar-refractivity contribution in [2.75, 3.05) is 19.1 Å². The molecule has 80 valence electrons. The van der Waals surface area contributed by atoms with Crippen molar-refractivity contribution in [2.45, 2.75) is 20.0 Å². The van der Waals surface area contributed by atoms with Crippen LogP contribution in [0.15, 0.2) is 0 Å². The molecule has 0 rings (SSSR count). The minimum absolute atomic E-state index is 0.0102. The van der Waals surface area contributed by atoms with Gasteiger partial charge in [0.2, 0.25) is 0 Å². The predicted molar refractivity (Wildman–Crippen MR) is 45.9 cm³/mol. The Hall–Kier alpha value is 0.0400. The molecule has 13 heavy (non-hydrogen) atoms. The average Bonchev–Trinajstić information content (AvgIpc) is 1.95. The maximum absolute atomic E-state index is 11.7. The Balaban J connectivity index is 3.62. The summed E-state index contributed by atoms with van der Waals surface area (Å²) in [6.07, 6.45) is -4.24. The van der Waals surface area contributed by atoms with E-state index in [1.165, 1.54) is 0 Å². The Bertz CT molecular complexity index is 136. The Morgan fingerprint density at radius 3 is 2.15 bits per heavy atom. The second-order valence-electron chi connectivity index (χ2n) is 3.29. The third-order valence-electron chi connectivity index (χ3n) is 1.74. The monoisotopic (exact) mass is 218 g/mol. The van der Waals surface area contributed by atoms with E-state index < -0.39 is 12.8 Å². The van der Waals surface area contributed by atoms with Crippen LogP contribution in [0, 0.1) is 11.8 Å². The maximum Gasteiger partial charge on any atom is 0.411 e. The zero-order valence-corrected chi connectivity index (χ0v) is 8.45. The van der Waals surface area contributed by atoms with E-state index in [1.54, 1.807) is 0 Å². The lowest BCUT2D eigenvalue weighted by atomic mass is 9.99. The molecule has 0 saturated heterocycles. The van der Waals surface area contributed by atoms with Crippen molar-refractivity contribution in [1.82, 2.24) is 0 Å². The molecule has 0 aromatic rings. The SMILES string of the molecule is CC(C)C(CCl)COCC(F)(F)F. The van der Waals surface area contributed by atoms with Gasteiger partial charge in [-0.15, -0.1) is 11.6 Å². The molecular formula is C8H14ClF3O. The standard InChI is InChI=1S/C8H14ClF3O/c1-6(2)7(3-9)4-13-5-8(10,11)12/h6-7H,3-5H2,1-2H3. The van der Waals surface area contributed by atoms with Crippen molar-refractivity contribution in [3.63, 3.8) is 0 Å². The molecule has 0 aromatic heterocycles. The van der Waals surface area contributed by atoms with E-state index >= 15 is 0 Å². The summed E-state index contributed by atoms with van der Waals surface area (Å²) in [5.41, 5.74) is 0. The fourth-order valence-electron chi connectivity index (χ4n) is 0.741. The molecule has 0 aliphatic rings. The van der Waals surface area contributed by atoms with E-state index in [-0.39, 0.29) is 18.4 Å². The summed E-state index contributed by atoms with van der Waals surface area (Å²) in [7, 11) is 0. The van der Waals surface area contributed by atoms with Crippen LogP contribution in [0.5, 0.6) is 0 Å². The summed E-state index contributed by atoms with van der Waals surface area (Å²) in [6, 6.07) is 0. The smallest absolute Gasteiger partial charge is 0.372 e. The Morgan fingerprint density at radius 1 is 1.31 bits per heavy atom. The number of ether oxygens (including phenoxy) is 1. The molecule has 0 fully saturated rings. The van der Waals surface area contributed by atoms with Gasteiger partial charge in [-0.05, 0) is 11.8 Å². The van der Waals surface area contributed by atoms with Crippen molar-refractivity contribution in [3.8, 4) is 0 Å². The van der Waals surface area contributed by atoms with Gasteiger partial charge in [0.15, 0.2) is 0 Å². The van der Waals surface area contributed by atoms with Gasteiger partial charge in [-0.1, -0.05) is 13.8 Å². The molecule has 0 radical (unpaired) electrons. The first-order valence-electron chi connectivity index (χ1n) is 4.07. The van der Waals surface area contributed by atoms with Crippen LogP contribution in [0.4, 0.5) is 13.2 Å². The average molecular weight is 219 g/mol. The predicted octanol–water partition coefficient (Wildman–Crippen LogP) is 3.08. The second-order valence-corrected chi connectivity index (χ2v) is 3.60. The zero-order chi connectivity index (χ0) is 10.5. The molecule has 1 nitrogen and oxygen atoms in total. The summed E-state index contributed by atoms with van der Waals surface area (Å²) in [5, 5.41) is 0. The van der Waals surface area contributed by atoms with Crippen LogP contribution >= 0.6 is 11.6 Å². The van der Waals surface area contributed by atoms with E-state index in [9.17, 15) is 13.2 Å². The molecular weight excluding hydrogens is 205 g/mol. The van der Waals surface area contributed by atoms with Crippen LogP contribution in [0.25, 0.3) is 0 Å². The molecule has 0 aromatic carbocycles. The van der Waals surface area contributed by atoms with Crippen molar-refractivity contribution in [2.24, 2.45) is 11.8 Å². The van der Waals surface area contributed by atoms with Gasteiger partial charge in [-0.2, -0.15) is 13.2 Å². The number of hydrogen-bond acceptors (Lipinski definition) is 1. The molecule has 0 aliphatic heterocycles. The lowest BCUT2D eigenvalue weighted by Gasteiger charge is -2.18. The Morgan fingerprint density at radius 2 is 1.85 bits per heavy atom. The highest BCUT2D eigenvalue weighted by Gasteiger charge is 2.28. The molecule has 0 saturated carbocycles. The van der Waals surface area contributed by atoms with Gasteiger partial charge < -0.3 is 4.74 Å². The lowest BCUT2D eigenvalue weighted by molar-refractivity contribution is -0.176. The second kappa shape index (κ2) is 5.70. The molecule has 0 aliphatic carbocycles. The highest BCUT2D eigenvalue weighted by Crippen LogP contribution is 2.17. The largest absolute Gasteiger partial charge is 0.411 e. The van der Waals surface area contributed by atoms with E-state index in [2.05, 4.69) is 4.74 Å². The van der Waals surface area contributed by atoms with E-state index in [4.69, 9.17) is 11.6 Å². The van der Waals surface area contributed by atoms with Crippen molar-refractivity contribution < 1.29 is 17.9 Å². The summed E-state index contributed by atoms with van der Waals surface area (Å²) >= 11 is 5.55. The van der Waals surface area contributed by atoms with Gasteiger partial charge in [0.1, 0.15) is 6.61 Å². The van der Waals surface area contributed by atoms with Gasteiger partial charge in [-0.3, -0.25) is 0 Å². The van der Waals surface area contributed by atoms with Gasteiger partial charge in [-0.25, -0.2) is 0 Å². The van der Waals surface area contributed by atoms with E-state index in [0.717, 1.165) is 0 Å². The van der Waals surface area contributed by atoms with Crippen LogP contribution in [-0.4, -0.2) is 25.3 Å². The third kappa shape index (κ3) is 7.14. The highest BCUT2D eigenvalue weighted by molar-refractivity contribution is 6.18. The van der Waals surface area contributed by atoms with Gasteiger partial charge in [0.05, 0.1) is 6.61 Å². The van der Waals surface area contributed by atoms with Gasteiger partial charge in [0, 0.05) is 5.88 Å². The molecule has 5 heteroatoms. The molecule has 0 heterocycles. The number of hydrogen-bond donors (Lipinski definition) is 0. The fraction of sp³-hybridized carbons (Fsp3) is 1.00. The Labute approximate surface area is 81.2 Å². The minimum Gasteiger partial charge on any atom is -0.372 e. The molecule has 1 unspecified atom stereocenters. The van der Waals surface area contributed by atoms with Crippen molar-refractivity contribution in [1.29, 1.82) is 0 Å². The van der Waals surface area contributed by atoms with Gasteiger partial charge >= 0.3 is 6.18 Å². The maximum atomic E-state index is 11.7. The van der Waals surface area contributed by atoms with Crippen LogP contribution in [0.1, 0.15) is 13.8 Å². The molecule has 0 amide bonds. The van der Waals surface area contributed by atoms with Crippen LogP contribution in [0.3, 0.4) is 0 Å². The third-order valence-corrected chi connectivity index (χ3v) is 2.14. The first-order valence-corrected chi connectivity index (χ1v) is 4.60. The van der Waals surface area contributed by atoms with Crippen molar-refractivity contribution in [3.05, 3.63) is 0 Å². The van der Waals surface area contributed by atoms with Crippen LogP contribution in [0.2, 0.25) is 0 Å². The summed E-state index contributed by atoms with van der Waals surface area (Å²) in [4.78, 5) is 0. The topological polar surface area (TPSA) is 9.23 Å². The first-order chi connectivity index (χ1) is 5.87. The molecule has 0 spiro atoms. The number of alkyl halides is 4. The number of halogens is 4. The minimum atomic E-state index is -4.24. The first kappa shape index (κ1) is 13.0. The molecule has 1 atom stereocenters. The van der Waals surface area contributed by atoms with Crippen molar-refractivity contribution >= 4 is 11.6 Å². The number of rotatable bonds is 5. The lowest BCUT2D eigenvalue weighted by Crippen LogP contribution is -2.23. The fourth-order valence-corrected chi connectivity index (χ4v) is 1.19. The summed E-state index contributed by atoms with van der Waals surface area (Å²) in [5.74, 6) is 0.560. The van der Waals surface area contributed by atoms with E-state index in [0.29, 0.717) is 5.88 Å². The Kier molecular flexibility index (Phi) is 5.72. The van der Waals surface area contributed by atoms with E-state index in [1.807, 2.05) is 13.8 Å². The van der Waals surface area contributed by atoms with Crippen LogP contribution < -0.4 is 0 Å². The summed E-state index contributed by atoms with van der Waals surface area (Å²) < 4.78 is 39.5. The normalized spacial score (nSPS) is 15.0. The van der Waals surface area contributed by atoms with Gasteiger partial charge in [0.25, 0.3) is 0 Å². The summed E-state index contributed by atoms with van der Waals surface area (Å²) in [6.45, 7) is 2.70.